The highest BCUT2D eigenvalue weighted by molar-refractivity contribution is 9.10. The van der Waals surface area contributed by atoms with Gasteiger partial charge < -0.3 is 9.09 Å². The van der Waals surface area contributed by atoms with E-state index in [4.69, 9.17) is 16.1 Å². The van der Waals surface area contributed by atoms with E-state index in [1.165, 1.54) is 6.39 Å². The van der Waals surface area contributed by atoms with E-state index < -0.39 is 0 Å². The van der Waals surface area contributed by atoms with Crippen LogP contribution in [0, 0.1) is 0 Å². The molecule has 0 fully saturated rings. The van der Waals surface area contributed by atoms with E-state index >= 15 is 0 Å². The number of rotatable bonds is 5. The van der Waals surface area contributed by atoms with Crippen molar-refractivity contribution in [1.29, 1.82) is 0 Å². The summed E-state index contributed by atoms with van der Waals surface area (Å²) in [7, 11) is 0. The van der Waals surface area contributed by atoms with E-state index in [2.05, 4.69) is 41.7 Å². The molecule has 0 amide bonds. The number of imidazole rings is 1. The fourth-order valence-corrected chi connectivity index (χ4v) is 2.71. The zero-order valence-corrected chi connectivity index (χ0v) is 12.9. The van der Waals surface area contributed by atoms with Gasteiger partial charge in [-0.25, -0.2) is 4.98 Å². The molecular weight excluding hydrogens is 344 g/mol. The van der Waals surface area contributed by atoms with Gasteiger partial charge in [-0.1, -0.05) is 21.1 Å². The first-order chi connectivity index (χ1) is 9.78. The zero-order valence-electron chi connectivity index (χ0n) is 10.6. The second-order valence-corrected chi connectivity index (χ2v) is 5.64. The maximum absolute atomic E-state index is 5.86. The van der Waals surface area contributed by atoms with Gasteiger partial charge in [-0.3, -0.25) is 0 Å². The third-order valence-electron chi connectivity index (χ3n) is 3.07. The van der Waals surface area contributed by atoms with Gasteiger partial charge in [0.1, 0.15) is 5.82 Å². The van der Waals surface area contributed by atoms with E-state index in [-0.39, 0.29) is 0 Å². The molecule has 0 spiro atoms. The number of hydrogen-bond acceptors (Lipinski definition) is 4. The van der Waals surface area contributed by atoms with Gasteiger partial charge in [-0.05, 0) is 18.2 Å². The van der Waals surface area contributed by atoms with Crippen molar-refractivity contribution in [3.63, 3.8) is 0 Å². The molecule has 20 heavy (non-hydrogen) atoms. The van der Waals surface area contributed by atoms with E-state index in [1.807, 2.05) is 12.1 Å². The second-order valence-electron chi connectivity index (χ2n) is 4.35. The number of hydrogen-bond donors (Lipinski definition) is 0. The summed E-state index contributed by atoms with van der Waals surface area (Å²) >= 11 is 9.33. The van der Waals surface area contributed by atoms with Crippen molar-refractivity contribution in [3.8, 4) is 0 Å². The molecule has 0 saturated heterocycles. The molecule has 104 valence electrons. The van der Waals surface area contributed by atoms with Crippen molar-refractivity contribution in [2.45, 2.75) is 19.4 Å². The highest BCUT2D eigenvalue weighted by Gasteiger charge is 2.11. The molecule has 0 radical (unpaired) electrons. The summed E-state index contributed by atoms with van der Waals surface area (Å²) < 4.78 is 7.94. The topological polar surface area (TPSA) is 56.7 Å². The summed E-state index contributed by atoms with van der Waals surface area (Å²) in [6.45, 7) is 0.754. The molecule has 2 aromatic heterocycles. The molecule has 0 atom stereocenters. The average molecular weight is 356 g/mol. The summed E-state index contributed by atoms with van der Waals surface area (Å²) in [6, 6.07) is 6.08. The predicted molar refractivity (Wildman–Crippen MR) is 79.9 cm³/mol. The standard InChI is InChI=1S/C13H12BrClN4O/c14-9-1-2-11-10(7-9)17-13(3-5-15)19(11)6-4-12-16-8-20-18-12/h1-2,7-8H,3-6H2. The van der Waals surface area contributed by atoms with Crippen LogP contribution < -0.4 is 0 Å². The summed E-state index contributed by atoms with van der Waals surface area (Å²) in [5.41, 5.74) is 2.06. The van der Waals surface area contributed by atoms with Crippen molar-refractivity contribution in [2.24, 2.45) is 0 Å². The second kappa shape index (κ2) is 5.93. The minimum Gasteiger partial charge on any atom is -0.343 e. The van der Waals surface area contributed by atoms with Crippen LogP contribution in [0.25, 0.3) is 11.0 Å². The Kier molecular flexibility index (Phi) is 4.03. The zero-order chi connectivity index (χ0) is 13.9. The smallest absolute Gasteiger partial charge is 0.213 e. The largest absolute Gasteiger partial charge is 0.343 e. The van der Waals surface area contributed by atoms with E-state index in [1.54, 1.807) is 0 Å². The summed E-state index contributed by atoms with van der Waals surface area (Å²) in [5.74, 6) is 2.23. The van der Waals surface area contributed by atoms with Gasteiger partial charge in [0.05, 0.1) is 11.0 Å². The van der Waals surface area contributed by atoms with Crippen molar-refractivity contribution < 1.29 is 4.52 Å². The van der Waals surface area contributed by atoms with Crippen molar-refractivity contribution in [3.05, 3.63) is 40.7 Å². The molecule has 0 aliphatic carbocycles. The summed E-state index contributed by atoms with van der Waals surface area (Å²) in [4.78, 5) is 8.69. The normalized spacial score (nSPS) is 11.3. The van der Waals surface area contributed by atoms with Crippen LogP contribution in [0.1, 0.15) is 11.6 Å². The number of benzene rings is 1. The van der Waals surface area contributed by atoms with Crippen LogP contribution in [0.2, 0.25) is 0 Å². The lowest BCUT2D eigenvalue weighted by molar-refractivity contribution is 0.408. The Balaban J connectivity index is 1.95. The molecule has 0 unspecified atom stereocenters. The maximum atomic E-state index is 5.86. The number of aryl methyl sites for hydroxylation is 3. The number of nitrogens with zero attached hydrogens (tertiary/aromatic N) is 4. The van der Waals surface area contributed by atoms with Gasteiger partial charge in [-0.2, -0.15) is 4.98 Å². The van der Waals surface area contributed by atoms with Crippen LogP contribution in [-0.2, 0) is 19.4 Å². The summed E-state index contributed by atoms with van der Waals surface area (Å²) in [6.07, 6.45) is 2.78. The average Bonchev–Trinajstić information content (AvgIpc) is 3.04. The molecule has 0 aliphatic rings. The third-order valence-corrected chi connectivity index (χ3v) is 3.76. The minimum absolute atomic E-state index is 0.548. The minimum atomic E-state index is 0.548. The lowest BCUT2D eigenvalue weighted by Crippen LogP contribution is -2.07. The van der Waals surface area contributed by atoms with Crippen LogP contribution in [0.5, 0.6) is 0 Å². The Hall–Kier alpha value is -1.40. The van der Waals surface area contributed by atoms with Crippen LogP contribution in [-0.4, -0.2) is 25.6 Å². The molecule has 0 bridgehead atoms. The first-order valence-electron chi connectivity index (χ1n) is 6.24. The van der Waals surface area contributed by atoms with Crippen molar-refractivity contribution >= 4 is 38.6 Å². The summed E-state index contributed by atoms with van der Waals surface area (Å²) in [5, 5.41) is 3.83. The van der Waals surface area contributed by atoms with Gasteiger partial charge in [0.25, 0.3) is 0 Å². The number of fused-ring (bicyclic) bond motifs is 1. The molecule has 3 aromatic rings. The van der Waals surface area contributed by atoms with Crippen LogP contribution in [0.3, 0.4) is 0 Å². The molecule has 2 heterocycles. The lowest BCUT2D eigenvalue weighted by Gasteiger charge is -2.06. The quantitative estimate of drug-likeness (QED) is 0.660. The third kappa shape index (κ3) is 2.71. The molecule has 5 nitrogen and oxygen atoms in total. The Labute approximate surface area is 129 Å². The number of aromatic nitrogens is 4. The molecule has 1 aromatic carbocycles. The number of halogens is 2. The first kappa shape index (κ1) is 13.6. The Morgan fingerprint density at radius 2 is 2.20 bits per heavy atom. The molecule has 3 rings (SSSR count). The Bertz CT molecular complexity index is 711. The van der Waals surface area contributed by atoms with Crippen LogP contribution in [0.15, 0.2) is 33.6 Å². The van der Waals surface area contributed by atoms with Gasteiger partial charge in [-0.15, -0.1) is 11.6 Å². The van der Waals surface area contributed by atoms with E-state index in [9.17, 15) is 0 Å². The van der Waals surface area contributed by atoms with Crippen molar-refractivity contribution in [2.75, 3.05) is 5.88 Å². The Morgan fingerprint density at radius 3 is 2.95 bits per heavy atom. The van der Waals surface area contributed by atoms with Gasteiger partial charge in [0.15, 0.2) is 5.82 Å². The van der Waals surface area contributed by atoms with Crippen molar-refractivity contribution in [1.82, 2.24) is 19.7 Å². The highest BCUT2D eigenvalue weighted by atomic mass is 79.9. The van der Waals surface area contributed by atoms with Gasteiger partial charge in [0.2, 0.25) is 6.39 Å². The lowest BCUT2D eigenvalue weighted by atomic mass is 10.3. The fraction of sp³-hybridized carbons (Fsp3) is 0.308. The van der Waals surface area contributed by atoms with E-state index in [0.717, 1.165) is 34.3 Å². The maximum Gasteiger partial charge on any atom is 0.213 e. The first-order valence-corrected chi connectivity index (χ1v) is 7.56. The van der Waals surface area contributed by atoms with Gasteiger partial charge in [0, 0.05) is 29.7 Å². The molecule has 0 saturated carbocycles. The van der Waals surface area contributed by atoms with Crippen LogP contribution in [0.4, 0.5) is 0 Å². The molecule has 0 aliphatic heterocycles. The van der Waals surface area contributed by atoms with Crippen LogP contribution >= 0.6 is 27.5 Å². The molecule has 7 heteroatoms. The molecular formula is C13H12BrClN4O. The predicted octanol–water partition coefficient (Wildman–Crippen LogP) is 3.21. The highest BCUT2D eigenvalue weighted by Crippen LogP contribution is 2.21. The SMILES string of the molecule is ClCCc1nc2cc(Br)ccc2n1CCc1ncon1. The Morgan fingerprint density at radius 1 is 1.30 bits per heavy atom. The van der Waals surface area contributed by atoms with Gasteiger partial charge >= 0.3 is 0 Å². The fourth-order valence-electron chi connectivity index (χ4n) is 2.19. The monoisotopic (exact) mass is 354 g/mol. The molecule has 0 N–H and O–H groups in total. The van der Waals surface area contributed by atoms with E-state index in [0.29, 0.717) is 18.1 Å². The number of alkyl halides is 1.